The minimum Gasteiger partial charge on any atom is -0.265 e. The molecule has 3 rings (SSSR count). The van der Waals surface area contributed by atoms with Crippen LogP contribution in [0.4, 0.5) is 4.39 Å². The predicted molar refractivity (Wildman–Crippen MR) is 59.0 cm³/mol. The van der Waals surface area contributed by atoms with Crippen LogP contribution in [-0.2, 0) is 0 Å². The van der Waals surface area contributed by atoms with Gasteiger partial charge in [-0.25, -0.2) is 9.37 Å². The Hall–Kier alpha value is -2.08. The number of hydrogen-bond acceptors (Lipinski definition) is 4. The zero-order valence-corrected chi connectivity index (χ0v) is 9.13. The monoisotopic (exact) mass is 249 g/mol. The van der Waals surface area contributed by atoms with Gasteiger partial charge < -0.3 is 0 Å². The van der Waals surface area contributed by atoms with Crippen molar-refractivity contribution >= 4 is 17.2 Å². The fraction of sp³-hybridized carbons (Fsp3) is 0. The zero-order valence-electron chi connectivity index (χ0n) is 8.38. The summed E-state index contributed by atoms with van der Waals surface area (Å²) in [5, 5.41) is 8.12. The third kappa shape index (κ3) is 1.62. The van der Waals surface area contributed by atoms with Crippen LogP contribution in [0, 0.1) is 5.82 Å². The summed E-state index contributed by atoms with van der Waals surface area (Å²) >= 11 is 5.73. The Morgan fingerprint density at radius 1 is 1.29 bits per heavy atom. The average molecular weight is 250 g/mol. The molecule has 0 amide bonds. The number of rotatable bonds is 1. The molecule has 7 heteroatoms. The maximum absolute atomic E-state index is 13.6. The molecule has 0 aliphatic heterocycles. The third-order valence-corrected chi connectivity index (χ3v) is 2.49. The van der Waals surface area contributed by atoms with E-state index < -0.39 is 5.82 Å². The van der Waals surface area contributed by atoms with E-state index >= 15 is 0 Å². The molecule has 0 aromatic carbocycles. The summed E-state index contributed by atoms with van der Waals surface area (Å²) in [5.41, 5.74) is 0.827. The quantitative estimate of drug-likeness (QED) is 0.619. The summed E-state index contributed by atoms with van der Waals surface area (Å²) < 4.78 is 15.1. The minimum atomic E-state index is -0.461. The topological polar surface area (TPSA) is 56.0 Å². The van der Waals surface area contributed by atoms with Crippen LogP contribution < -0.4 is 0 Å². The van der Waals surface area contributed by atoms with Crippen molar-refractivity contribution in [1.82, 2.24) is 24.6 Å². The molecule has 0 spiro atoms. The molecule has 0 saturated carbocycles. The molecule has 0 fully saturated rings. The van der Waals surface area contributed by atoms with Crippen LogP contribution >= 0.6 is 11.6 Å². The summed E-state index contributed by atoms with van der Waals surface area (Å²) in [4.78, 5) is 7.59. The van der Waals surface area contributed by atoms with Crippen LogP contribution in [0.3, 0.4) is 0 Å². The van der Waals surface area contributed by atoms with Crippen LogP contribution in [0.2, 0.25) is 5.15 Å². The van der Waals surface area contributed by atoms with E-state index in [1.54, 1.807) is 10.5 Å². The molecule has 3 heterocycles. The van der Waals surface area contributed by atoms with E-state index in [1.165, 1.54) is 18.6 Å². The highest BCUT2D eigenvalue weighted by molar-refractivity contribution is 6.29. The number of hydrogen-bond donors (Lipinski definition) is 0. The van der Waals surface area contributed by atoms with Crippen molar-refractivity contribution < 1.29 is 4.39 Å². The second kappa shape index (κ2) is 3.74. The Kier molecular flexibility index (Phi) is 2.22. The maximum atomic E-state index is 13.6. The van der Waals surface area contributed by atoms with Gasteiger partial charge in [-0.05, 0) is 6.07 Å². The second-order valence-corrected chi connectivity index (χ2v) is 3.71. The van der Waals surface area contributed by atoms with Crippen LogP contribution in [-0.4, -0.2) is 24.6 Å². The van der Waals surface area contributed by atoms with Crippen molar-refractivity contribution in [2.24, 2.45) is 0 Å². The first-order chi connectivity index (χ1) is 8.25. The van der Waals surface area contributed by atoms with E-state index in [4.69, 9.17) is 11.6 Å². The largest absolute Gasteiger partial charge is 0.265 e. The van der Waals surface area contributed by atoms with Crippen LogP contribution in [0.15, 0.2) is 30.9 Å². The van der Waals surface area contributed by atoms with E-state index in [0.717, 1.165) is 6.20 Å². The molecule has 0 N–H and O–H groups in total. The van der Waals surface area contributed by atoms with Crippen LogP contribution in [0.5, 0.6) is 0 Å². The van der Waals surface area contributed by atoms with Gasteiger partial charge in [0.25, 0.3) is 0 Å². The highest BCUT2D eigenvalue weighted by Gasteiger charge is 2.12. The van der Waals surface area contributed by atoms with E-state index in [-0.39, 0.29) is 0 Å². The normalized spacial score (nSPS) is 10.9. The lowest BCUT2D eigenvalue weighted by Gasteiger charge is -2.00. The lowest BCUT2D eigenvalue weighted by molar-refractivity contribution is 0.623. The molecule has 5 nitrogen and oxygen atoms in total. The molecule has 0 aliphatic carbocycles. The van der Waals surface area contributed by atoms with Gasteiger partial charge in [0, 0.05) is 12.3 Å². The van der Waals surface area contributed by atoms with Gasteiger partial charge in [0.15, 0.2) is 17.3 Å². The van der Waals surface area contributed by atoms with Crippen molar-refractivity contribution in [3.05, 3.63) is 41.8 Å². The van der Waals surface area contributed by atoms with Gasteiger partial charge in [-0.15, -0.1) is 10.2 Å². The molecular formula is C10H5ClFN5. The van der Waals surface area contributed by atoms with E-state index in [0.29, 0.717) is 22.2 Å². The summed E-state index contributed by atoms with van der Waals surface area (Å²) in [6, 6.07) is 3.08. The Bertz CT molecular complexity index is 696. The summed E-state index contributed by atoms with van der Waals surface area (Å²) in [5.74, 6) is -0.0965. The molecule has 0 aliphatic rings. The highest BCUT2D eigenvalue weighted by Crippen LogP contribution is 2.20. The van der Waals surface area contributed by atoms with Gasteiger partial charge in [0.1, 0.15) is 11.5 Å². The SMILES string of the molecule is Fc1cnccc1-c1nnc2cc(Cl)ncn12. The first-order valence-corrected chi connectivity index (χ1v) is 5.09. The van der Waals surface area contributed by atoms with Crippen molar-refractivity contribution in [1.29, 1.82) is 0 Å². The average Bonchev–Trinajstić information content (AvgIpc) is 2.72. The summed E-state index contributed by atoms with van der Waals surface area (Å²) in [7, 11) is 0. The molecule has 84 valence electrons. The van der Waals surface area contributed by atoms with Gasteiger partial charge in [0.05, 0.1) is 11.8 Å². The number of fused-ring (bicyclic) bond motifs is 1. The number of halogens is 2. The maximum Gasteiger partial charge on any atom is 0.172 e. The highest BCUT2D eigenvalue weighted by atomic mass is 35.5. The molecular weight excluding hydrogens is 245 g/mol. The van der Waals surface area contributed by atoms with E-state index in [1.807, 2.05) is 0 Å². The Labute approximate surface area is 99.9 Å². The van der Waals surface area contributed by atoms with E-state index in [9.17, 15) is 4.39 Å². The van der Waals surface area contributed by atoms with Crippen molar-refractivity contribution in [3.63, 3.8) is 0 Å². The Morgan fingerprint density at radius 3 is 3.00 bits per heavy atom. The smallest absolute Gasteiger partial charge is 0.172 e. The summed E-state index contributed by atoms with van der Waals surface area (Å²) in [6.07, 6.45) is 4.06. The first-order valence-electron chi connectivity index (χ1n) is 4.72. The predicted octanol–water partition coefficient (Wildman–Crippen LogP) is 1.98. The molecule has 0 bridgehead atoms. The Balaban J connectivity index is 2.29. The molecule has 17 heavy (non-hydrogen) atoms. The lowest BCUT2D eigenvalue weighted by Crippen LogP contribution is -1.94. The number of aromatic nitrogens is 5. The fourth-order valence-corrected chi connectivity index (χ4v) is 1.65. The lowest BCUT2D eigenvalue weighted by atomic mass is 10.2. The fourth-order valence-electron chi connectivity index (χ4n) is 1.51. The van der Waals surface area contributed by atoms with Crippen molar-refractivity contribution in [3.8, 4) is 11.4 Å². The first kappa shape index (κ1) is 10.1. The van der Waals surface area contributed by atoms with E-state index in [2.05, 4.69) is 20.2 Å². The molecule has 0 atom stereocenters. The third-order valence-electron chi connectivity index (χ3n) is 2.28. The minimum absolute atomic E-state index is 0.312. The Morgan fingerprint density at radius 2 is 2.18 bits per heavy atom. The molecule has 3 aromatic heterocycles. The summed E-state index contributed by atoms with van der Waals surface area (Å²) in [6.45, 7) is 0. The van der Waals surface area contributed by atoms with Gasteiger partial charge in [-0.2, -0.15) is 0 Å². The zero-order chi connectivity index (χ0) is 11.8. The van der Waals surface area contributed by atoms with Crippen molar-refractivity contribution in [2.45, 2.75) is 0 Å². The van der Waals surface area contributed by atoms with Gasteiger partial charge in [-0.1, -0.05) is 11.6 Å². The van der Waals surface area contributed by atoms with Gasteiger partial charge in [-0.3, -0.25) is 9.38 Å². The van der Waals surface area contributed by atoms with Gasteiger partial charge >= 0.3 is 0 Å². The van der Waals surface area contributed by atoms with Crippen LogP contribution in [0.25, 0.3) is 17.0 Å². The number of pyridine rings is 1. The molecule has 0 saturated heterocycles. The molecule has 3 aromatic rings. The second-order valence-electron chi connectivity index (χ2n) is 3.32. The molecule has 0 radical (unpaired) electrons. The van der Waals surface area contributed by atoms with Crippen LogP contribution in [0.1, 0.15) is 0 Å². The standard InChI is InChI=1S/C10H5ClFN5/c11-8-3-9-15-16-10(17(9)5-14-8)6-1-2-13-4-7(6)12/h1-5H. The van der Waals surface area contributed by atoms with Gasteiger partial charge in [0.2, 0.25) is 0 Å². The molecule has 0 unspecified atom stereocenters. The number of nitrogens with zero attached hydrogens (tertiary/aromatic N) is 5. The van der Waals surface area contributed by atoms with Crippen molar-refractivity contribution in [2.75, 3.05) is 0 Å².